The quantitative estimate of drug-likeness (QED) is 0.425. The average molecular weight is 240 g/mol. The average Bonchev–Trinajstić information content (AvgIpc) is 2.34. The maximum absolute atomic E-state index is 10.5. The number of hydrogen-bond acceptors (Lipinski definition) is 5. The maximum Gasteiger partial charge on any atom is 0.271 e. The van der Waals surface area contributed by atoms with Crippen LogP contribution in [0, 0.1) is 10.1 Å². The molecule has 17 heavy (non-hydrogen) atoms. The van der Waals surface area contributed by atoms with Crippen LogP contribution in [0.2, 0.25) is 0 Å². The van der Waals surface area contributed by atoms with Crippen molar-refractivity contribution in [2.75, 3.05) is 38.8 Å². The molecule has 6 heteroatoms. The summed E-state index contributed by atoms with van der Waals surface area (Å²) in [7, 11) is 1.62. The van der Waals surface area contributed by atoms with Crippen molar-refractivity contribution in [2.45, 2.75) is 0 Å². The van der Waals surface area contributed by atoms with Crippen molar-refractivity contribution >= 4 is 11.4 Å². The molecule has 0 bridgehead atoms. The predicted octanol–water partition coefficient (Wildman–Crippen LogP) is 1.67. The number of anilines is 1. The first-order valence-corrected chi connectivity index (χ1v) is 5.29. The number of rotatable bonds is 8. The van der Waals surface area contributed by atoms with Crippen molar-refractivity contribution in [2.24, 2.45) is 0 Å². The van der Waals surface area contributed by atoms with Gasteiger partial charge < -0.3 is 14.8 Å². The fourth-order valence-corrected chi connectivity index (χ4v) is 1.24. The van der Waals surface area contributed by atoms with Gasteiger partial charge in [0.05, 0.1) is 24.7 Å². The third-order valence-corrected chi connectivity index (χ3v) is 2.06. The molecule has 94 valence electrons. The lowest BCUT2D eigenvalue weighted by Crippen LogP contribution is -2.11. The van der Waals surface area contributed by atoms with E-state index in [0.29, 0.717) is 26.4 Å². The van der Waals surface area contributed by atoms with Crippen molar-refractivity contribution in [3.05, 3.63) is 34.4 Å². The molecule has 0 aliphatic carbocycles. The zero-order valence-electron chi connectivity index (χ0n) is 9.72. The largest absolute Gasteiger partial charge is 0.383 e. The van der Waals surface area contributed by atoms with Gasteiger partial charge in [-0.3, -0.25) is 10.1 Å². The van der Waals surface area contributed by atoms with Crippen molar-refractivity contribution in [3.8, 4) is 0 Å². The van der Waals surface area contributed by atoms with Crippen LogP contribution in [0.25, 0.3) is 0 Å². The molecule has 0 heterocycles. The van der Waals surface area contributed by atoms with Gasteiger partial charge in [0.25, 0.3) is 5.69 Å². The van der Waals surface area contributed by atoms with Gasteiger partial charge >= 0.3 is 0 Å². The van der Waals surface area contributed by atoms with E-state index in [1.54, 1.807) is 19.2 Å². The molecule has 0 fully saturated rings. The maximum atomic E-state index is 10.5. The summed E-state index contributed by atoms with van der Waals surface area (Å²) in [5.41, 5.74) is 0.796. The Labute approximate surface area is 99.7 Å². The molecular formula is C11H16N2O4. The van der Waals surface area contributed by atoms with Crippen molar-refractivity contribution in [1.29, 1.82) is 0 Å². The predicted molar refractivity (Wildman–Crippen MR) is 64.3 cm³/mol. The van der Waals surface area contributed by atoms with E-state index in [1.165, 1.54) is 12.1 Å². The van der Waals surface area contributed by atoms with Gasteiger partial charge in [-0.1, -0.05) is 6.07 Å². The molecule has 0 saturated heterocycles. The highest BCUT2D eigenvalue weighted by molar-refractivity contribution is 5.50. The monoisotopic (exact) mass is 240 g/mol. The number of nitrogens with one attached hydrogen (secondary N) is 1. The second-order valence-corrected chi connectivity index (χ2v) is 3.34. The Kier molecular flexibility index (Phi) is 5.98. The van der Waals surface area contributed by atoms with Crippen LogP contribution in [0.15, 0.2) is 24.3 Å². The van der Waals surface area contributed by atoms with E-state index in [0.717, 1.165) is 5.69 Å². The third kappa shape index (κ3) is 5.28. The number of benzene rings is 1. The van der Waals surface area contributed by atoms with Crippen molar-refractivity contribution in [1.82, 2.24) is 0 Å². The summed E-state index contributed by atoms with van der Waals surface area (Å²) < 4.78 is 10.1. The van der Waals surface area contributed by atoms with Crippen LogP contribution in [0.5, 0.6) is 0 Å². The second-order valence-electron chi connectivity index (χ2n) is 3.34. The minimum atomic E-state index is -0.416. The first kappa shape index (κ1) is 13.4. The van der Waals surface area contributed by atoms with Crippen molar-refractivity contribution < 1.29 is 14.4 Å². The molecule has 0 aliphatic heterocycles. The molecule has 0 atom stereocenters. The molecule has 0 amide bonds. The SMILES string of the molecule is COCCOCCNc1cccc([N+](=O)[O-])c1. The van der Waals surface area contributed by atoms with Gasteiger partial charge in [0.2, 0.25) is 0 Å². The van der Waals surface area contributed by atoms with Gasteiger partial charge in [-0.25, -0.2) is 0 Å². The van der Waals surface area contributed by atoms with Crippen LogP contribution in [-0.4, -0.2) is 38.4 Å². The normalized spacial score (nSPS) is 10.2. The molecule has 0 unspecified atom stereocenters. The highest BCUT2D eigenvalue weighted by Crippen LogP contribution is 2.16. The number of methoxy groups -OCH3 is 1. The van der Waals surface area contributed by atoms with Gasteiger partial charge in [0.15, 0.2) is 0 Å². The lowest BCUT2D eigenvalue weighted by Gasteiger charge is -2.06. The molecule has 1 rings (SSSR count). The highest BCUT2D eigenvalue weighted by atomic mass is 16.6. The molecule has 1 N–H and O–H groups in total. The van der Waals surface area contributed by atoms with Gasteiger partial charge in [-0.05, 0) is 6.07 Å². The number of nitro groups is 1. The number of non-ortho nitro benzene ring substituents is 1. The molecule has 0 aliphatic rings. The third-order valence-electron chi connectivity index (χ3n) is 2.06. The first-order chi connectivity index (χ1) is 8.24. The molecule has 0 aromatic heterocycles. The zero-order chi connectivity index (χ0) is 12.5. The van der Waals surface area contributed by atoms with Crippen LogP contribution in [0.1, 0.15) is 0 Å². The smallest absolute Gasteiger partial charge is 0.271 e. The van der Waals surface area contributed by atoms with Gasteiger partial charge in [0.1, 0.15) is 0 Å². The molecule has 0 saturated carbocycles. The van der Waals surface area contributed by atoms with E-state index in [2.05, 4.69) is 5.32 Å². The lowest BCUT2D eigenvalue weighted by atomic mass is 10.3. The summed E-state index contributed by atoms with van der Waals surface area (Å²) in [6.07, 6.45) is 0. The van der Waals surface area contributed by atoms with E-state index < -0.39 is 4.92 Å². The Bertz CT molecular complexity index is 357. The summed E-state index contributed by atoms with van der Waals surface area (Å²) >= 11 is 0. The van der Waals surface area contributed by atoms with E-state index in [4.69, 9.17) is 9.47 Å². The Balaban J connectivity index is 2.27. The summed E-state index contributed by atoms with van der Waals surface area (Å²) in [6, 6.07) is 6.38. The zero-order valence-corrected chi connectivity index (χ0v) is 9.72. The molecule has 0 spiro atoms. The first-order valence-electron chi connectivity index (χ1n) is 5.29. The Hall–Kier alpha value is -1.66. The number of nitrogens with zero attached hydrogens (tertiary/aromatic N) is 1. The van der Waals surface area contributed by atoms with E-state index in [9.17, 15) is 10.1 Å². The molecule has 1 aromatic carbocycles. The molecule has 0 radical (unpaired) electrons. The number of hydrogen-bond donors (Lipinski definition) is 1. The van der Waals surface area contributed by atoms with Crippen LogP contribution >= 0.6 is 0 Å². The van der Waals surface area contributed by atoms with Crippen LogP contribution in [0.4, 0.5) is 11.4 Å². The Morgan fingerprint density at radius 3 is 2.88 bits per heavy atom. The second kappa shape index (κ2) is 7.59. The molecular weight excluding hydrogens is 224 g/mol. The molecule has 1 aromatic rings. The fraction of sp³-hybridized carbons (Fsp3) is 0.455. The van der Waals surface area contributed by atoms with E-state index >= 15 is 0 Å². The van der Waals surface area contributed by atoms with Crippen LogP contribution in [-0.2, 0) is 9.47 Å². The highest BCUT2D eigenvalue weighted by Gasteiger charge is 2.04. The summed E-state index contributed by atoms with van der Waals surface area (Å²) in [5.74, 6) is 0. The lowest BCUT2D eigenvalue weighted by molar-refractivity contribution is -0.384. The van der Waals surface area contributed by atoms with E-state index in [1.807, 2.05) is 0 Å². The molecule has 6 nitrogen and oxygen atoms in total. The summed E-state index contributed by atoms with van der Waals surface area (Å²) in [6.45, 7) is 2.25. The van der Waals surface area contributed by atoms with Crippen LogP contribution in [0.3, 0.4) is 0 Å². The minimum Gasteiger partial charge on any atom is -0.383 e. The minimum absolute atomic E-state index is 0.0790. The van der Waals surface area contributed by atoms with Crippen LogP contribution < -0.4 is 5.32 Å². The Morgan fingerprint density at radius 1 is 1.35 bits per heavy atom. The number of nitro benzene ring substituents is 1. The number of ether oxygens (including phenoxy) is 2. The summed E-state index contributed by atoms with van der Waals surface area (Å²) in [5, 5.41) is 13.6. The van der Waals surface area contributed by atoms with E-state index in [-0.39, 0.29) is 5.69 Å². The summed E-state index contributed by atoms with van der Waals surface area (Å²) in [4.78, 5) is 10.1. The van der Waals surface area contributed by atoms with Gasteiger partial charge in [-0.2, -0.15) is 0 Å². The Morgan fingerprint density at radius 2 is 2.18 bits per heavy atom. The fourth-order valence-electron chi connectivity index (χ4n) is 1.24. The topological polar surface area (TPSA) is 73.6 Å². The van der Waals surface area contributed by atoms with Gasteiger partial charge in [-0.15, -0.1) is 0 Å². The standard InChI is InChI=1S/C11H16N2O4/c1-16-7-8-17-6-5-12-10-3-2-4-11(9-10)13(14)15/h2-4,9,12H,5-8H2,1H3. The van der Waals surface area contributed by atoms with Gasteiger partial charge in [0, 0.05) is 31.5 Å². The van der Waals surface area contributed by atoms with Crippen molar-refractivity contribution in [3.63, 3.8) is 0 Å².